The molecule has 3 aromatic carbocycles. The highest BCUT2D eigenvalue weighted by molar-refractivity contribution is 8.00. The molecule has 6 nitrogen and oxygen atoms in total. The summed E-state index contributed by atoms with van der Waals surface area (Å²) in [7, 11) is 1.33. The van der Waals surface area contributed by atoms with Crippen LogP contribution in [0.2, 0.25) is 0 Å². The highest BCUT2D eigenvalue weighted by Crippen LogP contribution is 2.40. The van der Waals surface area contributed by atoms with E-state index in [4.69, 9.17) is 4.74 Å². The normalized spacial score (nSPS) is 11.9. The number of aryl methyl sites for hydroxylation is 1. The molecule has 1 atom stereocenters. The summed E-state index contributed by atoms with van der Waals surface area (Å²) in [5.74, 6) is -0.847. The zero-order valence-corrected chi connectivity index (χ0v) is 25.4. The van der Waals surface area contributed by atoms with Crippen LogP contribution in [0, 0.1) is 12.3 Å². The van der Waals surface area contributed by atoms with Crippen molar-refractivity contribution in [3.63, 3.8) is 0 Å². The molecule has 0 radical (unpaired) electrons. The Morgan fingerprint density at radius 1 is 0.927 bits per heavy atom. The lowest BCUT2D eigenvalue weighted by atomic mass is 9.92. The van der Waals surface area contributed by atoms with E-state index in [2.05, 4.69) is 10.6 Å². The molecule has 8 heteroatoms. The number of ether oxygens (including phenoxy) is 1. The number of hydrogen-bond acceptors (Lipinski definition) is 6. The third-order valence-electron chi connectivity index (χ3n) is 6.18. The second-order valence-corrected chi connectivity index (χ2v) is 13.0. The van der Waals surface area contributed by atoms with Gasteiger partial charge in [0.15, 0.2) is 0 Å². The molecule has 1 unspecified atom stereocenters. The molecular formula is C33H34N2O4S2. The number of benzene rings is 3. The van der Waals surface area contributed by atoms with Crippen molar-refractivity contribution >= 4 is 51.6 Å². The van der Waals surface area contributed by atoms with Crippen molar-refractivity contribution in [2.24, 2.45) is 5.41 Å². The smallest absolute Gasteiger partial charge is 0.341 e. The maximum atomic E-state index is 13.8. The predicted molar refractivity (Wildman–Crippen MR) is 169 cm³/mol. The van der Waals surface area contributed by atoms with Gasteiger partial charge in [-0.05, 0) is 41.7 Å². The van der Waals surface area contributed by atoms with Gasteiger partial charge < -0.3 is 15.4 Å². The number of thioether (sulfide) groups is 1. The molecule has 212 valence electrons. The summed E-state index contributed by atoms with van der Waals surface area (Å²) in [6.45, 7) is 8.06. The first-order valence-electron chi connectivity index (χ1n) is 13.2. The highest BCUT2D eigenvalue weighted by atomic mass is 32.2. The first kappa shape index (κ1) is 30.1. The van der Waals surface area contributed by atoms with Crippen LogP contribution in [-0.4, -0.2) is 24.9 Å². The SMILES string of the molecule is COC(=O)c1c(-c2ccc(C)cc2)csc1NC(=O)C(Sc1cccc(NC(=O)CC(C)(C)C)c1)c1ccccc1. The number of esters is 1. The number of anilines is 2. The van der Waals surface area contributed by atoms with Crippen molar-refractivity contribution in [2.75, 3.05) is 17.7 Å². The first-order valence-corrected chi connectivity index (χ1v) is 15.0. The maximum absolute atomic E-state index is 13.8. The third kappa shape index (κ3) is 8.08. The van der Waals surface area contributed by atoms with Crippen LogP contribution in [0.4, 0.5) is 10.7 Å². The van der Waals surface area contributed by atoms with Gasteiger partial charge in [-0.1, -0.05) is 87.0 Å². The fourth-order valence-corrected chi connectivity index (χ4v) is 6.29. The number of carbonyl (C=O) groups is 3. The predicted octanol–water partition coefficient (Wildman–Crippen LogP) is 8.36. The van der Waals surface area contributed by atoms with E-state index in [0.717, 1.165) is 21.6 Å². The monoisotopic (exact) mass is 586 g/mol. The van der Waals surface area contributed by atoms with Gasteiger partial charge in [-0.15, -0.1) is 23.1 Å². The Kier molecular flexibility index (Phi) is 9.68. The molecule has 4 rings (SSSR count). The molecule has 0 saturated heterocycles. The van der Waals surface area contributed by atoms with Crippen LogP contribution in [-0.2, 0) is 14.3 Å². The molecule has 1 heterocycles. The van der Waals surface area contributed by atoms with Gasteiger partial charge >= 0.3 is 5.97 Å². The average molecular weight is 587 g/mol. The minimum absolute atomic E-state index is 0.0607. The quantitative estimate of drug-likeness (QED) is 0.152. The van der Waals surface area contributed by atoms with E-state index in [9.17, 15) is 14.4 Å². The second kappa shape index (κ2) is 13.2. The summed E-state index contributed by atoms with van der Waals surface area (Å²) in [6.07, 6.45) is 0.396. The van der Waals surface area contributed by atoms with Crippen LogP contribution < -0.4 is 10.6 Å². The van der Waals surface area contributed by atoms with Crippen molar-refractivity contribution in [1.82, 2.24) is 0 Å². The van der Waals surface area contributed by atoms with Gasteiger partial charge in [0.05, 0.1) is 7.11 Å². The highest BCUT2D eigenvalue weighted by Gasteiger charge is 2.27. The van der Waals surface area contributed by atoms with Gasteiger partial charge in [-0.25, -0.2) is 4.79 Å². The van der Waals surface area contributed by atoms with E-state index in [1.165, 1.54) is 30.2 Å². The number of thiophene rings is 1. The lowest BCUT2D eigenvalue weighted by molar-refractivity contribution is -0.118. The minimum atomic E-state index is -0.618. The van der Waals surface area contributed by atoms with Crippen LogP contribution in [0.15, 0.2) is 89.1 Å². The number of nitrogens with one attached hydrogen (secondary N) is 2. The summed E-state index contributed by atoms with van der Waals surface area (Å²) in [5, 5.41) is 7.65. The molecule has 4 aromatic rings. The van der Waals surface area contributed by atoms with Crippen molar-refractivity contribution in [1.29, 1.82) is 0 Å². The largest absolute Gasteiger partial charge is 0.465 e. The second-order valence-electron chi connectivity index (χ2n) is 10.9. The molecule has 0 aliphatic heterocycles. The van der Waals surface area contributed by atoms with Crippen LogP contribution in [0.5, 0.6) is 0 Å². The number of amides is 2. The molecule has 2 amide bonds. The van der Waals surface area contributed by atoms with Gasteiger partial charge in [0.2, 0.25) is 11.8 Å². The van der Waals surface area contributed by atoms with E-state index in [1.807, 2.05) is 112 Å². The summed E-state index contributed by atoms with van der Waals surface area (Å²) in [5.41, 5.74) is 4.37. The summed E-state index contributed by atoms with van der Waals surface area (Å²) in [4.78, 5) is 40.0. The zero-order valence-electron chi connectivity index (χ0n) is 23.8. The zero-order chi connectivity index (χ0) is 29.6. The van der Waals surface area contributed by atoms with Gasteiger partial charge in [0, 0.05) is 27.9 Å². The third-order valence-corrected chi connectivity index (χ3v) is 8.33. The fraction of sp³-hybridized carbons (Fsp3) is 0.242. The first-order chi connectivity index (χ1) is 19.5. The fourth-order valence-electron chi connectivity index (χ4n) is 4.25. The Bertz CT molecular complexity index is 1520. The number of hydrogen-bond donors (Lipinski definition) is 2. The van der Waals surface area contributed by atoms with E-state index >= 15 is 0 Å². The van der Waals surface area contributed by atoms with Gasteiger partial charge in [0.1, 0.15) is 15.8 Å². The molecule has 0 fully saturated rings. The van der Waals surface area contributed by atoms with Gasteiger partial charge in [-0.2, -0.15) is 0 Å². The standard InChI is InChI=1S/C33H34N2O4S2/c1-21-14-16-22(17-15-21)26-20-40-31(28(26)32(38)39-5)35-30(37)29(23-10-7-6-8-11-23)41-25-13-9-12-24(18-25)34-27(36)19-33(2,3)4/h6-18,20,29H,19H2,1-5H3,(H,34,36)(H,35,37). The number of methoxy groups -OCH3 is 1. The van der Waals surface area contributed by atoms with Crippen LogP contribution in [0.3, 0.4) is 0 Å². The Balaban J connectivity index is 1.62. The molecule has 0 aliphatic rings. The lowest BCUT2D eigenvalue weighted by Gasteiger charge is -2.19. The molecule has 0 bridgehead atoms. The van der Waals surface area contributed by atoms with E-state index in [-0.39, 0.29) is 17.2 Å². The lowest BCUT2D eigenvalue weighted by Crippen LogP contribution is -2.20. The molecule has 2 N–H and O–H groups in total. The van der Waals surface area contributed by atoms with Crippen LogP contribution in [0.1, 0.15) is 53.9 Å². The summed E-state index contributed by atoms with van der Waals surface area (Å²) >= 11 is 2.66. The minimum Gasteiger partial charge on any atom is -0.465 e. The molecule has 0 saturated carbocycles. The average Bonchev–Trinajstić information content (AvgIpc) is 3.34. The van der Waals surface area contributed by atoms with Crippen molar-refractivity contribution in [2.45, 2.75) is 44.3 Å². The summed E-state index contributed by atoms with van der Waals surface area (Å²) in [6, 6.07) is 24.8. The Morgan fingerprint density at radius 3 is 2.29 bits per heavy atom. The van der Waals surface area contributed by atoms with Crippen molar-refractivity contribution < 1.29 is 19.1 Å². The maximum Gasteiger partial charge on any atom is 0.341 e. The summed E-state index contributed by atoms with van der Waals surface area (Å²) < 4.78 is 5.10. The van der Waals surface area contributed by atoms with E-state index in [0.29, 0.717) is 28.2 Å². The Labute approximate surface area is 249 Å². The number of carbonyl (C=O) groups excluding carboxylic acids is 3. The topological polar surface area (TPSA) is 84.5 Å². The number of rotatable bonds is 9. The molecule has 1 aromatic heterocycles. The van der Waals surface area contributed by atoms with Gasteiger partial charge in [0.25, 0.3) is 0 Å². The van der Waals surface area contributed by atoms with E-state index < -0.39 is 11.2 Å². The van der Waals surface area contributed by atoms with Crippen molar-refractivity contribution in [3.8, 4) is 11.1 Å². The van der Waals surface area contributed by atoms with Crippen LogP contribution >= 0.6 is 23.1 Å². The van der Waals surface area contributed by atoms with E-state index in [1.54, 1.807) is 0 Å². The Hall–Kier alpha value is -3.88. The molecule has 0 aliphatic carbocycles. The molecule has 0 spiro atoms. The Morgan fingerprint density at radius 2 is 1.63 bits per heavy atom. The molecular weight excluding hydrogens is 553 g/mol. The van der Waals surface area contributed by atoms with Crippen LogP contribution in [0.25, 0.3) is 11.1 Å². The van der Waals surface area contributed by atoms with Gasteiger partial charge in [-0.3, -0.25) is 9.59 Å². The molecule has 41 heavy (non-hydrogen) atoms. The van der Waals surface area contributed by atoms with Crippen molar-refractivity contribution in [3.05, 3.63) is 101 Å².